The summed E-state index contributed by atoms with van der Waals surface area (Å²) in [5.74, 6) is -0.127. The molecule has 4 nitrogen and oxygen atoms in total. The summed E-state index contributed by atoms with van der Waals surface area (Å²) in [7, 11) is 0. The summed E-state index contributed by atoms with van der Waals surface area (Å²) in [5, 5.41) is 12.7. The number of hydrogen-bond acceptors (Lipinski definition) is 4. The predicted molar refractivity (Wildman–Crippen MR) is 124 cm³/mol. The molecule has 30 heavy (non-hydrogen) atoms. The highest BCUT2D eigenvalue weighted by Gasteiger charge is 2.13. The van der Waals surface area contributed by atoms with Crippen molar-refractivity contribution in [3.63, 3.8) is 0 Å². The van der Waals surface area contributed by atoms with E-state index in [0.29, 0.717) is 12.0 Å². The summed E-state index contributed by atoms with van der Waals surface area (Å²) >= 11 is 1.68. The second kappa shape index (κ2) is 10.1. The van der Waals surface area contributed by atoms with Crippen molar-refractivity contribution in [1.82, 2.24) is 5.32 Å². The lowest BCUT2D eigenvalue weighted by atomic mass is 10.0. The largest absolute Gasteiger partial charge is 0.395 e. The molecule has 0 radical (unpaired) electrons. The number of hydrogen-bond donors (Lipinski definition) is 2. The first-order valence-corrected chi connectivity index (χ1v) is 10.7. The van der Waals surface area contributed by atoms with E-state index in [1.54, 1.807) is 24.3 Å². The van der Waals surface area contributed by atoms with Gasteiger partial charge in [-0.1, -0.05) is 48.6 Å². The molecule has 0 aliphatic carbocycles. The van der Waals surface area contributed by atoms with Crippen molar-refractivity contribution in [1.29, 1.82) is 0 Å². The van der Waals surface area contributed by atoms with Gasteiger partial charge in [0.25, 0.3) is 5.91 Å². The van der Waals surface area contributed by atoms with Gasteiger partial charge in [-0.3, -0.25) is 9.59 Å². The fraction of sp³-hybridized carbons (Fsp3) is 0.200. The third-order valence-corrected chi connectivity index (χ3v) is 5.92. The topological polar surface area (TPSA) is 66.4 Å². The van der Waals surface area contributed by atoms with Crippen LogP contribution < -0.4 is 5.32 Å². The number of thiophene rings is 1. The molecule has 3 aromatic rings. The van der Waals surface area contributed by atoms with Crippen LogP contribution in [0.2, 0.25) is 0 Å². The molecule has 2 aromatic carbocycles. The lowest BCUT2D eigenvalue weighted by molar-refractivity contribution is -0.113. The molecule has 0 aliphatic rings. The molecule has 0 fully saturated rings. The number of amides is 1. The maximum atomic E-state index is 12.3. The van der Waals surface area contributed by atoms with E-state index in [-0.39, 0.29) is 24.8 Å². The van der Waals surface area contributed by atoms with E-state index in [4.69, 9.17) is 5.11 Å². The molecule has 0 saturated carbocycles. The Bertz CT molecular complexity index is 1120. The molecule has 2 N–H and O–H groups in total. The van der Waals surface area contributed by atoms with Crippen LogP contribution in [0.1, 0.15) is 29.1 Å². The maximum Gasteiger partial charge on any atom is 0.251 e. The molecule has 0 aliphatic heterocycles. The highest BCUT2D eigenvalue weighted by molar-refractivity contribution is 7.19. The number of aliphatic hydroxyl groups is 1. The van der Waals surface area contributed by atoms with Crippen molar-refractivity contribution in [2.45, 2.75) is 20.3 Å². The Kier molecular flexibility index (Phi) is 7.33. The van der Waals surface area contributed by atoms with Crippen LogP contribution >= 0.6 is 11.3 Å². The van der Waals surface area contributed by atoms with Crippen LogP contribution in [0.15, 0.2) is 72.3 Å². The van der Waals surface area contributed by atoms with Gasteiger partial charge in [-0.05, 0) is 54.1 Å². The van der Waals surface area contributed by atoms with Gasteiger partial charge in [0.2, 0.25) is 0 Å². The number of carbonyl (C=O) groups excluding carboxylic acids is 2. The number of fused-ring (bicyclic) bond motifs is 1. The summed E-state index contributed by atoms with van der Waals surface area (Å²) in [5.41, 5.74) is 3.36. The summed E-state index contributed by atoms with van der Waals surface area (Å²) in [6.45, 7) is 3.67. The van der Waals surface area contributed by atoms with Gasteiger partial charge in [0, 0.05) is 28.1 Å². The molecule has 1 aromatic heterocycles. The summed E-state index contributed by atoms with van der Waals surface area (Å²) in [6, 6.07) is 15.7. The number of aliphatic hydroxyl groups excluding tert-OH is 1. The number of allylic oxidation sites excluding steroid dienone is 4. The number of benzene rings is 2. The van der Waals surface area contributed by atoms with Crippen LogP contribution in [0, 0.1) is 0 Å². The Hall–Kier alpha value is -3.02. The van der Waals surface area contributed by atoms with Crippen molar-refractivity contribution in [2.24, 2.45) is 0 Å². The van der Waals surface area contributed by atoms with Gasteiger partial charge in [0.15, 0.2) is 5.78 Å². The second-order valence-corrected chi connectivity index (χ2v) is 8.08. The smallest absolute Gasteiger partial charge is 0.251 e. The van der Waals surface area contributed by atoms with Crippen molar-refractivity contribution < 1.29 is 14.7 Å². The van der Waals surface area contributed by atoms with E-state index in [0.717, 1.165) is 31.7 Å². The van der Waals surface area contributed by atoms with Crippen molar-refractivity contribution in [2.75, 3.05) is 13.2 Å². The highest BCUT2D eigenvalue weighted by atomic mass is 32.1. The SMILES string of the molecule is C/C=C\C=C(\Cc1cc2cccc(-c3cccc(C(=O)NCCO)c3)c2s1)C(C)=O. The standard InChI is InChI=1S/C25H25NO3S/c1-3-4-7-18(17(2)28)15-22-16-20-9-6-11-23(24(20)30-22)19-8-5-10-21(14-19)25(29)26-12-13-27/h3-11,14,16,27H,12-13,15H2,1-2H3,(H,26,29)/b4-3-,18-7-. The first kappa shape index (κ1) is 21.7. The van der Waals surface area contributed by atoms with Crippen molar-refractivity contribution in [3.05, 3.63) is 82.8 Å². The van der Waals surface area contributed by atoms with Crippen LogP contribution in [-0.4, -0.2) is 29.9 Å². The van der Waals surface area contributed by atoms with Gasteiger partial charge in [0.05, 0.1) is 6.61 Å². The Labute approximate surface area is 180 Å². The number of ketones is 1. The molecule has 0 bridgehead atoms. The van der Waals surface area contributed by atoms with Gasteiger partial charge in [-0.25, -0.2) is 0 Å². The lowest BCUT2D eigenvalue weighted by Gasteiger charge is -2.07. The third kappa shape index (κ3) is 5.12. The van der Waals surface area contributed by atoms with Crippen LogP contribution in [0.3, 0.4) is 0 Å². The van der Waals surface area contributed by atoms with Gasteiger partial charge < -0.3 is 10.4 Å². The molecule has 1 amide bonds. The van der Waals surface area contributed by atoms with Gasteiger partial charge in [-0.2, -0.15) is 0 Å². The Morgan fingerprint density at radius 3 is 2.67 bits per heavy atom. The Morgan fingerprint density at radius 1 is 1.13 bits per heavy atom. The molecule has 0 unspecified atom stereocenters. The molecular formula is C25H25NO3S. The monoisotopic (exact) mass is 419 g/mol. The molecule has 154 valence electrons. The lowest BCUT2D eigenvalue weighted by Crippen LogP contribution is -2.26. The maximum absolute atomic E-state index is 12.3. The summed E-state index contributed by atoms with van der Waals surface area (Å²) < 4.78 is 1.13. The minimum Gasteiger partial charge on any atom is -0.395 e. The average Bonchev–Trinajstić information content (AvgIpc) is 3.17. The number of nitrogens with one attached hydrogen (secondary N) is 1. The third-order valence-electron chi connectivity index (χ3n) is 4.74. The highest BCUT2D eigenvalue weighted by Crippen LogP contribution is 2.36. The second-order valence-electron chi connectivity index (χ2n) is 6.95. The molecule has 0 spiro atoms. The minimum absolute atomic E-state index is 0.0763. The number of carbonyl (C=O) groups is 2. The van der Waals surface area contributed by atoms with E-state index in [9.17, 15) is 9.59 Å². The zero-order chi connectivity index (χ0) is 21.5. The summed E-state index contributed by atoms with van der Waals surface area (Å²) in [4.78, 5) is 25.4. The number of rotatable bonds is 8. The zero-order valence-corrected chi connectivity index (χ0v) is 18.0. The predicted octanol–water partition coefficient (Wildman–Crippen LogP) is 4.92. The Balaban J connectivity index is 1.97. The molecule has 0 atom stereocenters. The first-order valence-electron chi connectivity index (χ1n) is 9.87. The van der Waals surface area contributed by atoms with Crippen molar-refractivity contribution in [3.8, 4) is 11.1 Å². The van der Waals surface area contributed by atoms with Crippen LogP contribution in [0.4, 0.5) is 0 Å². The zero-order valence-electron chi connectivity index (χ0n) is 17.1. The molecular weight excluding hydrogens is 394 g/mol. The van der Waals surface area contributed by atoms with Gasteiger partial charge in [0.1, 0.15) is 0 Å². The van der Waals surface area contributed by atoms with Crippen LogP contribution in [-0.2, 0) is 11.2 Å². The van der Waals surface area contributed by atoms with E-state index >= 15 is 0 Å². The fourth-order valence-corrected chi connectivity index (χ4v) is 4.45. The molecule has 3 rings (SSSR count). The van der Waals surface area contributed by atoms with E-state index < -0.39 is 0 Å². The number of Topliss-reactive ketones (excluding diaryl/α,β-unsaturated/α-hetero) is 1. The first-order chi connectivity index (χ1) is 14.5. The van der Waals surface area contributed by atoms with Crippen LogP contribution in [0.25, 0.3) is 21.2 Å². The van der Waals surface area contributed by atoms with Gasteiger partial charge in [-0.15, -0.1) is 11.3 Å². The van der Waals surface area contributed by atoms with E-state index in [2.05, 4.69) is 23.5 Å². The van der Waals surface area contributed by atoms with E-state index in [1.165, 1.54) is 0 Å². The quantitative estimate of drug-likeness (QED) is 0.402. The Morgan fingerprint density at radius 2 is 1.93 bits per heavy atom. The fourth-order valence-electron chi connectivity index (χ4n) is 3.23. The molecule has 0 saturated heterocycles. The molecule has 1 heterocycles. The minimum atomic E-state index is -0.204. The normalized spacial score (nSPS) is 11.9. The van der Waals surface area contributed by atoms with Crippen molar-refractivity contribution >= 4 is 33.1 Å². The van der Waals surface area contributed by atoms with Gasteiger partial charge >= 0.3 is 0 Å². The van der Waals surface area contributed by atoms with Crippen LogP contribution in [0.5, 0.6) is 0 Å². The average molecular weight is 420 g/mol. The molecule has 5 heteroatoms. The summed E-state index contributed by atoms with van der Waals surface area (Å²) in [6.07, 6.45) is 6.28. The van der Waals surface area contributed by atoms with E-state index in [1.807, 2.05) is 49.4 Å².